The molecule has 19 heavy (non-hydrogen) atoms. The molecule has 3 rings (SSSR count). The van der Waals surface area contributed by atoms with Crippen molar-refractivity contribution in [1.82, 2.24) is 4.57 Å². The van der Waals surface area contributed by atoms with Gasteiger partial charge in [-0.1, -0.05) is 11.6 Å². The Balaban J connectivity index is 2.26. The first-order valence-electron chi connectivity index (χ1n) is 6.21. The van der Waals surface area contributed by atoms with E-state index in [0.717, 1.165) is 24.2 Å². The van der Waals surface area contributed by atoms with Gasteiger partial charge in [0.1, 0.15) is 0 Å². The zero-order chi connectivity index (χ0) is 13.4. The fraction of sp³-hybridized carbons (Fsp3) is 0.200. The van der Waals surface area contributed by atoms with E-state index in [1.165, 1.54) is 6.07 Å². The molecule has 1 aromatic carbocycles. The van der Waals surface area contributed by atoms with Crippen molar-refractivity contribution in [3.63, 3.8) is 0 Å². The number of aromatic nitrogens is 1. The average molecular weight is 274 g/mol. The van der Waals surface area contributed by atoms with Gasteiger partial charge >= 0.3 is 0 Å². The molecule has 0 unspecified atom stereocenters. The van der Waals surface area contributed by atoms with Gasteiger partial charge in [0.15, 0.2) is 5.78 Å². The van der Waals surface area contributed by atoms with Gasteiger partial charge in [-0.05, 0) is 43.2 Å². The normalized spacial score (nSPS) is 14.3. The number of hydrogen-bond acceptors (Lipinski definition) is 2. The van der Waals surface area contributed by atoms with E-state index in [4.69, 9.17) is 11.6 Å². The standard InChI is InChI=1S/C15H12ClNO2/c16-10-4-6-11(7-5-10)17-13-2-1-3-14(18)12(13)8-9-15(17)19/h4-9H,1-3H2. The fourth-order valence-corrected chi connectivity index (χ4v) is 2.63. The predicted molar refractivity (Wildman–Crippen MR) is 74.3 cm³/mol. The van der Waals surface area contributed by atoms with Crippen LogP contribution in [-0.4, -0.2) is 10.4 Å². The summed E-state index contributed by atoms with van der Waals surface area (Å²) >= 11 is 5.86. The summed E-state index contributed by atoms with van der Waals surface area (Å²) in [6.45, 7) is 0. The van der Waals surface area contributed by atoms with Gasteiger partial charge in [0.25, 0.3) is 5.56 Å². The van der Waals surface area contributed by atoms with Crippen LogP contribution < -0.4 is 5.56 Å². The van der Waals surface area contributed by atoms with Crippen LogP contribution in [0.3, 0.4) is 0 Å². The Morgan fingerprint density at radius 3 is 2.42 bits per heavy atom. The van der Waals surface area contributed by atoms with E-state index in [0.29, 0.717) is 17.0 Å². The second-order valence-electron chi connectivity index (χ2n) is 4.62. The van der Waals surface area contributed by atoms with Gasteiger partial charge in [0.05, 0.1) is 0 Å². The molecule has 0 atom stereocenters. The van der Waals surface area contributed by atoms with Crippen LogP contribution in [0.4, 0.5) is 0 Å². The lowest BCUT2D eigenvalue weighted by Crippen LogP contribution is -2.26. The first kappa shape index (κ1) is 12.2. The lowest BCUT2D eigenvalue weighted by molar-refractivity contribution is 0.0971. The van der Waals surface area contributed by atoms with Gasteiger partial charge in [-0.3, -0.25) is 14.2 Å². The number of nitrogens with zero attached hydrogens (tertiary/aromatic N) is 1. The molecule has 0 saturated carbocycles. The molecule has 4 heteroatoms. The van der Waals surface area contributed by atoms with Gasteiger partial charge in [-0.2, -0.15) is 0 Å². The highest BCUT2D eigenvalue weighted by molar-refractivity contribution is 6.30. The summed E-state index contributed by atoms with van der Waals surface area (Å²) in [4.78, 5) is 24.0. The third-order valence-electron chi connectivity index (χ3n) is 3.40. The van der Waals surface area contributed by atoms with Crippen molar-refractivity contribution in [1.29, 1.82) is 0 Å². The Kier molecular flexibility index (Phi) is 2.99. The van der Waals surface area contributed by atoms with Gasteiger partial charge in [-0.15, -0.1) is 0 Å². The topological polar surface area (TPSA) is 39.1 Å². The molecule has 0 fully saturated rings. The number of carbonyl (C=O) groups excluding carboxylic acids is 1. The largest absolute Gasteiger partial charge is 0.294 e. The third-order valence-corrected chi connectivity index (χ3v) is 3.65. The molecule has 0 bridgehead atoms. The summed E-state index contributed by atoms with van der Waals surface area (Å²) in [7, 11) is 0. The number of fused-ring (bicyclic) bond motifs is 1. The first-order valence-corrected chi connectivity index (χ1v) is 6.59. The van der Waals surface area contributed by atoms with E-state index in [1.54, 1.807) is 34.9 Å². The Labute approximate surface area is 115 Å². The molecule has 1 aliphatic rings. The summed E-state index contributed by atoms with van der Waals surface area (Å²) in [5, 5.41) is 0.623. The summed E-state index contributed by atoms with van der Waals surface area (Å²) in [6, 6.07) is 10.2. The minimum atomic E-state index is -0.115. The highest BCUT2D eigenvalue weighted by Gasteiger charge is 2.21. The fourth-order valence-electron chi connectivity index (χ4n) is 2.50. The smallest absolute Gasteiger partial charge is 0.255 e. The van der Waals surface area contributed by atoms with E-state index in [-0.39, 0.29) is 11.3 Å². The van der Waals surface area contributed by atoms with Gasteiger partial charge in [0.2, 0.25) is 0 Å². The number of ketones is 1. The van der Waals surface area contributed by atoms with Crippen molar-refractivity contribution in [3.05, 3.63) is 63.0 Å². The number of hydrogen-bond donors (Lipinski definition) is 0. The van der Waals surface area contributed by atoms with Gasteiger partial charge in [0, 0.05) is 34.5 Å². The third kappa shape index (κ3) is 2.10. The molecule has 0 aliphatic heterocycles. The molecule has 0 amide bonds. The van der Waals surface area contributed by atoms with Crippen molar-refractivity contribution in [2.24, 2.45) is 0 Å². The Morgan fingerprint density at radius 1 is 0.947 bits per heavy atom. The molecule has 0 N–H and O–H groups in total. The van der Waals surface area contributed by atoms with Crippen molar-refractivity contribution >= 4 is 17.4 Å². The van der Waals surface area contributed by atoms with E-state index in [1.807, 2.05) is 0 Å². The maximum absolute atomic E-state index is 12.1. The molecule has 1 aromatic heterocycles. The van der Waals surface area contributed by atoms with E-state index >= 15 is 0 Å². The van der Waals surface area contributed by atoms with Gasteiger partial charge < -0.3 is 0 Å². The quantitative estimate of drug-likeness (QED) is 0.801. The lowest BCUT2D eigenvalue weighted by atomic mass is 9.94. The zero-order valence-electron chi connectivity index (χ0n) is 10.2. The highest BCUT2D eigenvalue weighted by atomic mass is 35.5. The molecule has 0 radical (unpaired) electrons. The highest BCUT2D eigenvalue weighted by Crippen LogP contribution is 2.22. The molecule has 1 aliphatic carbocycles. The number of pyridine rings is 1. The first-order chi connectivity index (χ1) is 9.16. The zero-order valence-corrected chi connectivity index (χ0v) is 11.0. The molecule has 0 spiro atoms. The molecule has 3 nitrogen and oxygen atoms in total. The van der Waals surface area contributed by atoms with Crippen LogP contribution in [0, 0.1) is 0 Å². The lowest BCUT2D eigenvalue weighted by Gasteiger charge is -2.20. The molecule has 2 aromatic rings. The number of carbonyl (C=O) groups is 1. The van der Waals surface area contributed by atoms with Crippen LogP contribution >= 0.6 is 11.6 Å². The van der Waals surface area contributed by atoms with Crippen molar-refractivity contribution < 1.29 is 4.79 Å². The SMILES string of the molecule is O=C1CCCc2c1ccc(=O)n2-c1ccc(Cl)cc1. The second kappa shape index (κ2) is 4.67. The average Bonchev–Trinajstić information content (AvgIpc) is 2.40. The molecular weight excluding hydrogens is 262 g/mol. The van der Waals surface area contributed by atoms with Crippen molar-refractivity contribution in [2.75, 3.05) is 0 Å². The summed E-state index contributed by atoms with van der Waals surface area (Å²) in [5.74, 6) is 0.115. The minimum absolute atomic E-state index is 0.115. The monoisotopic (exact) mass is 273 g/mol. The maximum Gasteiger partial charge on any atom is 0.255 e. The van der Waals surface area contributed by atoms with Gasteiger partial charge in [-0.25, -0.2) is 0 Å². The van der Waals surface area contributed by atoms with E-state index in [2.05, 4.69) is 0 Å². The van der Waals surface area contributed by atoms with E-state index < -0.39 is 0 Å². The summed E-state index contributed by atoms with van der Waals surface area (Å²) in [5.41, 5.74) is 2.11. The van der Waals surface area contributed by atoms with Crippen LogP contribution in [-0.2, 0) is 6.42 Å². The molecule has 96 valence electrons. The van der Waals surface area contributed by atoms with Crippen LogP contribution in [0.25, 0.3) is 5.69 Å². The minimum Gasteiger partial charge on any atom is -0.294 e. The summed E-state index contributed by atoms with van der Waals surface area (Å²) < 4.78 is 1.61. The van der Waals surface area contributed by atoms with Crippen LogP contribution in [0.15, 0.2) is 41.2 Å². The number of Topliss-reactive ketones (excluding diaryl/α,β-unsaturated/α-hetero) is 1. The number of rotatable bonds is 1. The Bertz CT molecular complexity index is 701. The Hall–Kier alpha value is -1.87. The molecule has 1 heterocycles. The molecule has 0 saturated heterocycles. The summed E-state index contributed by atoms with van der Waals surface area (Å²) in [6.07, 6.45) is 2.11. The second-order valence-corrected chi connectivity index (χ2v) is 5.06. The number of benzene rings is 1. The van der Waals surface area contributed by atoms with Crippen LogP contribution in [0.1, 0.15) is 28.9 Å². The van der Waals surface area contributed by atoms with Crippen LogP contribution in [0.5, 0.6) is 0 Å². The Morgan fingerprint density at radius 2 is 1.68 bits per heavy atom. The molecular formula is C15H12ClNO2. The number of halogens is 1. The van der Waals surface area contributed by atoms with Crippen LogP contribution in [0.2, 0.25) is 5.02 Å². The van der Waals surface area contributed by atoms with E-state index in [9.17, 15) is 9.59 Å². The van der Waals surface area contributed by atoms with Crippen molar-refractivity contribution in [2.45, 2.75) is 19.3 Å². The van der Waals surface area contributed by atoms with Crippen molar-refractivity contribution in [3.8, 4) is 5.69 Å². The predicted octanol–water partition coefficient (Wildman–Crippen LogP) is 3.01. The maximum atomic E-state index is 12.1.